The highest BCUT2D eigenvalue weighted by atomic mass is 35.5. The molecular formula is C30H36ClN3O5. The van der Waals surface area contributed by atoms with Gasteiger partial charge in [0.05, 0.1) is 19.8 Å². The molecule has 0 radical (unpaired) electrons. The van der Waals surface area contributed by atoms with E-state index in [-0.39, 0.29) is 24.3 Å². The van der Waals surface area contributed by atoms with Crippen LogP contribution in [0.1, 0.15) is 71.5 Å². The molecule has 0 bridgehead atoms. The van der Waals surface area contributed by atoms with Crippen LogP contribution >= 0.6 is 11.6 Å². The summed E-state index contributed by atoms with van der Waals surface area (Å²) in [5.41, 5.74) is 0.728. The first-order valence-corrected chi connectivity index (χ1v) is 14.2. The van der Waals surface area contributed by atoms with Gasteiger partial charge in [-0.1, -0.05) is 49.1 Å². The third-order valence-corrected chi connectivity index (χ3v) is 7.83. The number of carbonyl (C=O) groups excluding carboxylic acids is 2. The normalized spacial score (nSPS) is 17.6. The fraction of sp³-hybridized carbons (Fsp3) is 0.467. The highest BCUT2D eigenvalue weighted by Gasteiger charge is 2.37. The maximum absolute atomic E-state index is 14.1. The van der Waals surface area contributed by atoms with Gasteiger partial charge in [-0.25, -0.2) is 0 Å². The Morgan fingerprint density at radius 1 is 1.03 bits per heavy atom. The van der Waals surface area contributed by atoms with Gasteiger partial charge in [0.1, 0.15) is 17.3 Å². The van der Waals surface area contributed by atoms with Crippen molar-refractivity contribution in [2.24, 2.45) is 0 Å². The number of hydrogen-bond acceptors (Lipinski definition) is 6. The van der Waals surface area contributed by atoms with E-state index >= 15 is 0 Å². The number of morpholine rings is 1. The predicted molar refractivity (Wildman–Crippen MR) is 147 cm³/mol. The summed E-state index contributed by atoms with van der Waals surface area (Å²) < 4.78 is 17.4. The lowest BCUT2D eigenvalue weighted by Gasteiger charge is -2.32. The van der Waals surface area contributed by atoms with Crippen molar-refractivity contribution in [2.45, 2.75) is 64.2 Å². The quantitative estimate of drug-likeness (QED) is 0.376. The van der Waals surface area contributed by atoms with Crippen LogP contribution in [0, 0.1) is 6.92 Å². The molecule has 9 heteroatoms. The summed E-state index contributed by atoms with van der Waals surface area (Å²) in [4.78, 5) is 31.7. The first kappa shape index (κ1) is 27.5. The minimum absolute atomic E-state index is 0.0748. The molecule has 2 aliphatic rings. The second kappa shape index (κ2) is 12.9. The van der Waals surface area contributed by atoms with Crippen LogP contribution < -0.4 is 5.32 Å². The van der Waals surface area contributed by atoms with Crippen LogP contribution in [0.4, 0.5) is 0 Å². The molecular weight excluding hydrogens is 518 g/mol. The summed E-state index contributed by atoms with van der Waals surface area (Å²) in [7, 11) is 0. The highest BCUT2D eigenvalue weighted by Crippen LogP contribution is 2.30. The number of furan rings is 2. The van der Waals surface area contributed by atoms with Gasteiger partial charge < -0.3 is 23.8 Å². The number of nitrogens with one attached hydrogen (secondary N) is 1. The Hall–Kier alpha value is -3.07. The number of benzene rings is 1. The highest BCUT2D eigenvalue weighted by molar-refractivity contribution is 6.31. The zero-order valence-electron chi connectivity index (χ0n) is 22.4. The van der Waals surface area contributed by atoms with Crippen LogP contribution in [-0.2, 0) is 22.6 Å². The molecule has 3 aromatic rings. The Kier molecular flexibility index (Phi) is 9.06. The summed E-state index contributed by atoms with van der Waals surface area (Å²) in [5, 5.41) is 3.72. The van der Waals surface area contributed by atoms with Gasteiger partial charge in [0.2, 0.25) is 0 Å². The smallest absolute Gasteiger partial charge is 0.290 e. The zero-order chi connectivity index (χ0) is 27.2. The minimum Gasteiger partial charge on any atom is -0.464 e. The second-order valence-electron chi connectivity index (χ2n) is 10.4. The van der Waals surface area contributed by atoms with E-state index in [0.29, 0.717) is 42.1 Å². The molecule has 5 rings (SSSR count). The lowest BCUT2D eigenvalue weighted by atomic mass is 9.95. The van der Waals surface area contributed by atoms with Crippen LogP contribution in [0.3, 0.4) is 0 Å². The van der Waals surface area contributed by atoms with Gasteiger partial charge in [0.25, 0.3) is 11.8 Å². The lowest BCUT2D eigenvalue weighted by molar-refractivity contribution is -0.127. The van der Waals surface area contributed by atoms with Gasteiger partial charge >= 0.3 is 0 Å². The molecule has 1 aliphatic carbocycles. The monoisotopic (exact) mass is 553 g/mol. The van der Waals surface area contributed by atoms with Crippen LogP contribution in [0.2, 0.25) is 5.02 Å². The Bertz CT molecular complexity index is 1260. The number of halogens is 1. The van der Waals surface area contributed by atoms with E-state index in [1.807, 2.05) is 37.3 Å². The third kappa shape index (κ3) is 6.93. The van der Waals surface area contributed by atoms with E-state index in [9.17, 15) is 9.59 Å². The molecule has 0 spiro atoms. The summed E-state index contributed by atoms with van der Waals surface area (Å²) in [6.07, 6.45) is 5.19. The van der Waals surface area contributed by atoms with Crippen LogP contribution in [0.15, 0.2) is 57.4 Å². The van der Waals surface area contributed by atoms with Gasteiger partial charge in [0, 0.05) is 30.7 Å². The van der Waals surface area contributed by atoms with Crippen molar-refractivity contribution >= 4 is 23.4 Å². The first-order valence-electron chi connectivity index (χ1n) is 13.8. The predicted octanol–water partition coefficient (Wildman–Crippen LogP) is 5.50. The maximum Gasteiger partial charge on any atom is 0.290 e. The summed E-state index contributed by atoms with van der Waals surface area (Å²) in [6, 6.07) is 13.5. The second-order valence-corrected chi connectivity index (χ2v) is 10.8. The molecule has 1 atom stereocenters. The molecule has 1 N–H and O–H groups in total. The fourth-order valence-electron chi connectivity index (χ4n) is 5.34. The van der Waals surface area contributed by atoms with E-state index < -0.39 is 11.9 Å². The topological polar surface area (TPSA) is 88.2 Å². The van der Waals surface area contributed by atoms with Crippen molar-refractivity contribution < 1.29 is 23.2 Å². The van der Waals surface area contributed by atoms with E-state index in [1.165, 1.54) is 11.3 Å². The van der Waals surface area contributed by atoms with Gasteiger partial charge in [-0.3, -0.25) is 14.5 Å². The molecule has 1 unspecified atom stereocenters. The standard InChI is InChI=1S/C30H36ClN3O5/c1-21-11-13-26(38-21)28(29(35)32-23-8-3-2-4-9-23)34(19-22-7-5-6-10-25(22)31)30(36)27-14-12-24(39-27)20-33-15-17-37-18-16-33/h5-7,10-14,23,28H,2-4,8-9,15-20H2,1H3,(H,32,35). The largest absolute Gasteiger partial charge is 0.464 e. The van der Waals surface area contributed by atoms with Crippen molar-refractivity contribution in [3.63, 3.8) is 0 Å². The van der Waals surface area contributed by atoms with Gasteiger partial charge in [-0.15, -0.1) is 0 Å². The van der Waals surface area contributed by atoms with Crippen molar-refractivity contribution in [3.05, 3.63) is 82.2 Å². The van der Waals surface area contributed by atoms with Crippen molar-refractivity contribution in [1.82, 2.24) is 15.1 Å². The molecule has 1 aromatic carbocycles. The SMILES string of the molecule is Cc1ccc(C(C(=O)NC2CCCCC2)N(Cc2ccccc2Cl)C(=O)c2ccc(CN3CCOCC3)o2)o1. The van der Waals surface area contributed by atoms with Crippen molar-refractivity contribution in [2.75, 3.05) is 26.3 Å². The molecule has 39 heavy (non-hydrogen) atoms. The Balaban J connectivity index is 1.46. The van der Waals surface area contributed by atoms with E-state index in [2.05, 4.69) is 10.2 Å². The minimum atomic E-state index is -0.989. The summed E-state index contributed by atoms with van der Waals surface area (Å²) in [5.74, 6) is 1.26. The average molecular weight is 554 g/mol. The van der Waals surface area contributed by atoms with Gasteiger partial charge in [-0.2, -0.15) is 0 Å². The number of hydrogen-bond donors (Lipinski definition) is 1. The average Bonchev–Trinajstić information content (AvgIpc) is 3.59. The first-order chi connectivity index (χ1) is 19.0. The summed E-state index contributed by atoms with van der Waals surface area (Å²) >= 11 is 6.52. The molecule has 1 saturated heterocycles. The molecule has 208 valence electrons. The number of aryl methyl sites for hydroxylation is 1. The van der Waals surface area contributed by atoms with Gasteiger partial charge in [-0.05, 0) is 55.7 Å². The number of ether oxygens (including phenoxy) is 1. The molecule has 3 heterocycles. The van der Waals surface area contributed by atoms with Crippen LogP contribution in [0.25, 0.3) is 0 Å². The molecule has 1 aliphatic heterocycles. The maximum atomic E-state index is 14.1. The zero-order valence-corrected chi connectivity index (χ0v) is 23.1. The van der Waals surface area contributed by atoms with E-state index in [0.717, 1.165) is 44.3 Å². The van der Waals surface area contributed by atoms with Gasteiger partial charge in [0.15, 0.2) is 11.8 Å². The van der Waals surface area contributed by atoms with Crippen LogP contribution in [0.5, 0.6) is 0 Å². The Morgan fingerprint density at radius 2 is 1.79 bits per heavy atom. The molecule has 2 aromatic heterocycles. The number of rotatable bonds is 9. The molecule has 2 fully saturated rings. The van der Waals surface area contributed by atoms with Crippen molar-refractivity contribution in [1.29, 1.82) is 0 Å². The number of carbonyl (C=O) groups is 2. The molecule has 8 nitrogen and oxygen atoms in total. The Labute approximate surface area is 234 Å². The summed E-state index contributed by atoms with van der Waals surface area (Å²) in [6.45, 7) is 5.50. The van der Waals surface area contributed by atoms with E-state index in [1.54, 1.807) is 18.2 Å². The van der Waals surface area contributed by atoms with Crippen LogP contribution in [-0.4, -0.2) is 54.0 Å². The third-order valence-electron chi connectivity index (χ3n) is 7.46. The number of amides is 2. The Morgan fingerprint density at radius 3 is 2.51 bits per heavy atom. The fourth-order valence-corrected chi connectivity index (χ4v) is 5.54. The molecule has 1 saturated carbocycles. The molecule has 2 amide bonds. The lowest BCUT2D eigenvalue weighted by Crippen LogP contribution is -2.46. The van der Waals surface area contributed by atoms with Crippen molar-refractivity contribution in [3.8, 4) is 0 Å². The van der Waals surface area contributed by atoms with E-state index in [4.69, 9.17) is 25.2 Å². The number of nitrogens with zero attached hydrogens (tertiary/aromatic N) is 2.